The van der Waals surface area contributed by atoms with Gasteiger partial charge in [-0.2, -0.15) is 0 Å². The number of aromatic amines is 1. The van der Waals surface area contributed by atoms with Crippen molar-refractivity contribution in [1.29, 1.82) is 0 Å². The number of halogens is 1. The van der Waals surface area contributed by atoms with E-state index in [0.717, 1.165) is 16.6 Å². The zero-order chi connectivity index (χ0) is 17.9. The Balaban J connectivity index is 1.54. The van der Waals surface area contributed by atoms with Crippen LogP contribution >= 0.6 is 0 Å². The summed E-state index contributed by atoms with van der Waals surface area (Å²) in [5.41, 5.74) is 3.36. The summed E-state index contributed by atoms with van der Waals surface area (Å²) < 4.78 is 13.6. The molecule has 0 bridgehead atoms. The molecule has 0 spiro atoms. The molecule has 0 aliphatic carbocycles. The fraction of sp³-hybridized carbons (Fsp3) is 0. The van der Waals surface area contributed by atoms with Gasteiger partial charge < -0.3 is 15.6 Å². The van der Waals surface area contributed by atoms with Gasteiger partial charge in [-0.15, -0.1) is 0 Å². The molecule has 0 saturated carbocycles. The van der Waals surface area contributed by atoms with Crippen LogP contribution in [0.3, 0.4) is 0 Å². The van der Waals surface area contributed by atoms with Crippen molar-refractivity contribution in [3.8, 4) is 11.4 Å². The molecule has 2 amide bonds. The van der Waals surface area contributed by atoms with Gasteiger partial charge in [0.25, 0.3) is 0 Å². The standard InChI is InChI=1S/C20H15FN4O/c21-15-8-1-2-9-16(15)25-20(26)22-14-7-5-6-13(12-14)19-23-17-10-3-4-11-18(17)24-19/h1-12H,(H,23,24)(H2,22,25,26). The number of para-hydroxylation sites is 3. The average Bonchev–Trinajstić information content (AvgIpc) is 3.08. The number of carbonyl (C=O) groups is 1. The Bertz CT molecular complexity index is 1060. The predicted molar refractivity (Wildman–Crippen MR) is 101 cm³/mol. The number of urea groups is 1. The Kier molecular flexibility index (Phi) is 4.07. The maximum atomic E-state index is 13.6. The fourth-order valence-electron chi connectivity index (χ4n) is 2.68. The van der Waals surface area contributed by atoms with E-state index >= 15 is 0 Å². The molecule has 0 radical (unpaired) electrons. The van der Waals surface area contributed by atoms with E-state index in [1.165, 1.54) is 12.1 Å². The van der Waals surface area contributed by atoms with Crippen LogP contribution in [0.2, 0.25) is 0 Å². The number of benzene rings is 3. The van der Waals surface area contributed by atoms with E-state index in [0.29, 0.717) is 11.5 Å². The summed E-state index contributed by atoms with van der Waals surface area (Å²) in [7, 11) is 0. The predicted octanol–water partition coefficient (Wildman–Crippen LogP) is 5.01. The Labute approximate surface area is 148 Å². The van der Waals surface area contributed by atoms with Gasteiger partial charge in [-0.05, 0) is 36.4 Å². The third kappa shape index (κ3) is 3.25. The van der Waals surface area contributed by atoms with Gasteiger partial charge in [0.05, 0.1) is 16.7 Å². The van der Waals surface area contributed by atoms with E-state index in [-0.39, 0.29) is 5.69 Å². The van der Waals surface area contributed by atoms with Crippen LogP contribution in [0, 0.1) is 5.82 Å². The highest BCUT2D eigenvalue weighted by Gasteiger charge is 2.09. The summed E-state index contributed by atoms with van der Waals surface area (Å²) in [6.45, 7) is 0. The van der Waals surface area contributed by atoms with Crippen LogP contribution in [0.5, 0.6) is 0 Å². The summed E-state index contributed by atoms with van der Waals surface area (Å²) >= 11 is 0. The van der Waals surface area contributed by atoms with Crippen molar-refractivity contribution in [2.75, 3.05) is 10.6 Å². The molecule has 0 atom stereocenters. The topological polar surface area (TPSA) is 69.8 Å². The van der Waals surface area contributed by atoms with Gasteiger partial charge in [-0.3, -0.25) is 0 Å². The molecule has 128 valence electrons. The minimum absolute atomic E-state index is 0.124. The van der Waals surface area contributed by atoms with Crippen LogP contribution in [-0.4, -0.2) is 16.0 Å². The molecule has 3 N–H and O–H groups in total. The maximum Gasteiger partial charge on any atom is 0.323 e. The lowest BCUT2D eigenvalue weighted by atomic mass is 10.2. The van der Waals surface area contributed by atoms with E-state index in [1.54, 1.807) is 24.3 Å². The Hall–Kier alpha value is -3.67. The van der Waals surface area contributed by atoms with Gasteiger partial charge in [0.2, 0.25) is 0 Å². The van der Waals surface area contributed by atoms with Crippen LogP contribution in [0.1, 0.15) is 0 Å². The van der Waals surface area contributed by atoms with Gasteiger partial charge in [-0.1, -0.05) is 36.4 Å². The molecule has 1 aromatic heterocycles. The van der Waals surface area contributed by atoms with E-state index in [4.69, 9.17) is 0 Å². The van der Waals surface area contributed by atoms with E-state index < -0.39 is 11.8 Å². The third-order valence-corrected chi connectivity index (χ3v) is 3.91. The number of rotatable bonds is 3. The Morgan fingerprint density at radius 3 is 2.58 bits per heavy atom. The first-order valence-corrected chi connectivity index (χ1v) is 8.07. The minimum atomic E-state index is -0.517. The Morgan fingerprint density at radius 1 is 0.923 bits per heavy atom. The zero-order valence-electron chi connectivity index (χ0n) is 13.7. The molecule has 0 fully saturated rings. The molecular formula is C20H15FN4O. The lowest BCUT2D eigenvalue weighted by Gasteiger charge is -2.09. The third-order valence-electron chi connectivity index (χ3n) is 3.91. The van der Waals surface area contributed by atoms with E-state index in [9.17, 15) is 9.18 Å². The molecule has 6 heteroatoms. The first kappa shape index (κ1) is 15.8. The molecule has 3 aromatic carbocycles. The van der Waals surface area contributed by atoms with Crippen molar-refractivity contribution < 1.29 is 9.18 Å². The Morgan fingerprint density at radius 2 is 1.73 bits per heavy atom. The number of fused-ring (bicyclic) bond motifs is 1. The molecular weight excluding hydrogens is 331 g/mol. The lowest BCUT2D eigenvalue weighted by Crippen LogP contribution is -2.20. The highest BCUT2D eigenvalue weighted by Crippen LogP contribution is 2.23. The number of amides is 2. The van der Waals surface area contributed by atoms with Crippen molar-refractivity contribution in [3.05, 3.63) is 78.6 Å². The van der Waals surface area contributed by atoms with Crippen molar-refractivity contribution in [2.24, 2.45) is 0 Å². The van der Waals surface area contributed by atoms with Crippen molar-refractivity contribution >= 4 is 28.4 Å². The summed E-state index contributed by atoms with van der Waals surface area (Å²) in [6.07, 6.45) is 0. The largest absolute Gasteiger partial charge is 0.338 e. The molecule has 0 aliphatic rings. The summed E-state index contributed by atoms with van der Waals surface area (Å²) in [5, 5.41) is 5.19. The fourth-order valence-corrected chi connectivity index (χ4v) is 2.68. The number of imidazole rings is 1. The van der Waals surface area contributed by atoms with Crippen molar-refractivity contribution in [3.63, 3.8) is 0 Å². The van der Waals surface area contributed by atoms with E-state index in [1.807, 2.05) is 36.4 Å². The van der Waals surface area contributed by atoms with Crippen molar-refractivity contribution in [2.45, 2.75) is 0 Å². The molecule has 0 saturated heterocycles. The number of carbonyl (C=O) groups excluding carboxylic acids is 1. The van der Waals surface area contributed by atoms with Gasteiger partial charge >= 0.3 is 6.03 Å². The maximum absolute atomic E-state index is 13.6. The minimum Gasteiger partial charge on any atom is -0.338 e. The summed E-state index contributed by atoms with van der Waals surface area (Å²) in [4.78, 5) is 19.9. The monoisotopic (exact) mass is 346 g/mol. The summed E-state index contributed by atoms with van der Waals surface area (Å²) in [6, 6.07) is 20.5. The second-order valence-corrected chi connectivity index (χ2v) is 5.74. The lowest BCUT2D eigenvalue weighted by molar-refractivity contribution is 0.262. The van der Waals surface area contributed by atoms with Crippen LogP contribution < -0.4 is 10.6 Å². The van der Waals surface area contributed by atoms with Crippen molar-refractivity contribution in [1.82, 2.24) is 9.97 Å². The number of anilines is 2. The van der Waals surface area contributed by atoms with Crippen LogP contribution in [0.4, 0.5) is 20.6 Å². The van der Waals surface area contributed by atoms with Crippen LogP contribution in [0.15, 0.2) is 72.8 Å². The number of H-pyrrole nitrogens is 1. The van der Waals surface area contributed by atoms with Gasteiger partial charge in [0.1, 0.15) is 11.6 Å². The molecule has 5 nitrogen and oxygen atoms in total. The molecule has 4 rings (SSSR count). The highest BCUT2D eigenvalue weighted by atomic mass is 19.1. The first-order valence-electron chi connectivity index (χ1n) is 8.07. The molecule has 4 aromatic rings. The molecule has 1 heterocycles. The average molecular weight is 346 g/mol. The number of aromatic nitrogens is 2. The number of hydrogen-bond donors (Lipinski definition) is 3. The number of hydrogen-bond acceptors (Lipinski definition) is 2. The zero-order valence-corrected chi connectivity index (χ0v) is 13.7. The van der Waals surface area contributed by atoms with Crippen LogP contribution in [0.25, 0.3) is 22.4 Å². The first-order chi connectivity index (χ1) is 12.7. The normalized spacial score (nSPS) is 10.7. The second-order valence-electron chi connectivity index (χ2n) is 5.74. The van der Waals surface area contributed by atoms with Crippen LogP contribution in [-0.2, 0) is 0 Å². The second kappa shape index (κ2) is 6.68. The van der Waals surface area contributed by atoms with E-state index in [2.05, 4.69) is 20.6 Å². The molecule has 0 aliphatic heterocycles. The molecule has 0 unspecified atom stereocenters. The quantitative estimate of drug-likeness (QED) is 0.488. The number of nitrogens with one attached hydrogen (secondary N) is 3. The highest BCUT2D eigenvalue weighted by molar-refractivity contribution is 6.00. The number of nitrogens with zero attached hydrogens (tertiary/aromatic N) is 1. The smallest absolute Gasteiger partial charge is 0.323 e. The molecule has 26 heavy (non-hydrogen) atoms. The summed E-state index contributed by atoms with van der Waals surface area (Å²) in [5.74, 6) is 0.225. The van der Waals surface area contributed by atoms with Gasteiger partial charge in [0.15, 0.2) is 0 Å². The van der Waals surface area contributed by atoms with Gasteiger partial charge in [-0.25, -0.2) is 14.2 Å². The van der Waals surface area contributed by atoms with Gasteiger partial charge in [0, 0.05) is 11.3 Å². The SMILES string of the molecule is O=C(Nc1cccc(-c2nc3ccccc3[nH]2)c1)Nc1ccccc1F.